The van der Waals surface area contributed by atoms with E-state index in [0.29, 0.717) is 24.4 Å². The summed E-state index contributed by atoms with van der Waals surface area (Å²) in [7, 11) is 0. The lowest BCUT2D eigenvalue weighted by Crippen LogP contribution is -2.20. The minimum absolute atomic E-state index is 0.0180. The summed E-state index contributed by atoms with van der Waals surface area (Å²) in [6.45, 7) is 3.07. The lowest BCUT2D eigenvalue weighted by Gasteiger charge is -2.16. The van der Waals surface area contributed by atoms with Gasteiger partial charge in [-0.15, -0.1) is 23.5 Å². The van der Waals surface area contributed by atoms with Crippen molar-refractivity contribution in [3.05, 3.63) is 45.2 Å². The van der Waals surface area contributed by atoms with Crippen molar-refractivity contribution in [3.63, 3.8) is 0 Å². The molecule has 0 saturated carbocycles. The number of carbonyl (C=O) groups is 1. The molecule has 0 amide bonds. The van der Waals surface area contributed by atoms with Crippen molar-refractivity contribution in [1.29, 1.82) is 0 Å². The van der Waals surface area contributed by atoms with Crippen LogP contribution < -0.4 is 0 Å². The number of Topliss-reactive ketones (excluding diaryl/α,β-unsaturated/α-hetero) is 1. The van der Waals surface area contributed by atoms with Gasteiger partial charge in [-0.2, -0.15) is 0 Å². The van der Waals surface area contributed by atoms with Gasteiger partial charge in [0.15, 0.2) is 12.1 Å². The summed E-state index contributed by atoms with van der Waals surface area (Å²) in [6, 6.07) is 7.59. The van der Waals surface area contributed by atoms with Crippen LogP contribution in [0.15, 0.2) is 34.1 Å². The van der Waals surface area contributed by atoms with Gasteiger partial charge in [0.25, 0.3) is 0 Å². The van der Waals surface area contributed by atoms with Crippen molar-refractivity contribution in [2.24, 2.45) is 0 Å². The molecule has 0 N–H and O–H groups in total. The molecule has 0 aromatic heterocycles. The standard InChI is InChI=1S/C15H18O3S2/c1-10-4-6-11(7-5-10)13(16)12(15(19-2)20-3)14-17-8-9-18-14/h4-7,14H,8-9H2,1-3H3. The fourth-order valence-corrected chi connectivity index (χ4v) is 3.47. The molecule has 0 atom stereocenters. The van der Waals surface area contributed by atoms with Crippen LogP contribution in [0.4, 0.5) is 0 Å². The van der Waals surface area contributed by atoms with Crippen LogP contribution in [0.2, 0.25) is 0 Å². The van der Waals surface area contributed by atoms with Crippen molar-refractivity contribution in [2.75, 3.05) is 25.7 Å². The summed E-state index contributed by atoms with van der Waals surface area (Å²) >= 11 is 3.11. The van der Waals surface area contributed by atoms with E-state index in [-0.39, 0.29) is 5.78 Å². The van der Waals surface area contributed by atoms with Crippen LogP contribution in [-0.2, 0) is 9.47 Å². The Kier molecular flexibility index (Phi) is 5.72. The maximum atomic E-state index is 12.8. The monoisotopic (exact) mass is 310 g/mol. The quantitative estimate of drug-likeness (QED) is 0.614. The van der Waals surface area contributed by atoms with Gasteiger partial charge in [0, 0.05) is 5.56 Å². The lowest BCUT2D eigenvalue weighted by molar-refractivity contribution is -0.0106. The first-order valence-electron chi connectivity index (χ1n) is 6.34. The molecule has 3 nitrogen and oxygen atoms in total. The van der Waals surface area contributed by atoms with Crippen LogP contribution in [0.5, 0.6) is 0 Å². The van der Waals surface area contributed by atoms with Crippen molar-refractivity contribution in [3.8, 4) is 0 Å². The molecule has 108 valence electrons. The largest absolute Gasteiger partial charge is 0.346 e. The second-order valence-corrected chi connectivity index (χ2v) is 6.27. The maximum Gasteiger partial charge on any atom is 0.195 e. The number of ketones is 1. The smallest absolute Gasteiger partial charge is 0.195 e. The van der Waals surface area contributed by atoms with Crippen LogP contribution >= 0.6 is 23.5 Å². The summed E-state index contributed by atoms with van der Waals surface area (Å²) in [5.74, 6) is -0.0180. The zero-order valence-electron chi connectivity index (χ0n) is 11.8. The molecule has 2 rings (SSSR count). The Balaban J connectivity index is 2.37. The highest BCUT2D eigenvalue weighted by Crippen LogP contribution is 2.33. The molecule has 0 spiro atoms. The van der Waals surface area contributed by atoms with E-state index in [4.69, 9.17) is 9.47 Å². The van der Waals surface area contributed by atoms with Gasteiger partial charge in [0.05, 0.1) is 23.0 Å². The van der Waals surface area contributed by atoms with Crippen LogP contribution in [0.3, 0.4) is 0 Å². The van der Waals surface area contributed by atoms with E-state index in [1.807, 2.05) is 43.7 Å². The summed E-state index contributed by atoms with van der Waals surface area (Å²) in [4.78, 5) is 12.8. The third-order valence-electron chi connectivity index (χ3n) is 3.01. The lowest BCUT2D eigenvalue weighted by atomic mass is 10.0. The second kappa shape index (κ2) is 7.31. The Bertz CT molecular complexity index is 496. The highest BCUT2D eigenvalue weighted by Gasteiger charge is 2.30. The number of hydrogen-bond acceptors (Lipinski definition) is 5. The summed E-state index contributed by atoms with van der Waals surface area (Å²) < 4.78 is 12.0. The predicted octanol–water partition coefficient (Wildman–Crippen LogP) is 3.49. The molecule has 1 aliphatic rings. The van der Waals surface area contributed by atoms with Crippen LogP contribution in [-0.4, -0.2) is 37.8 Å². The van der Waals surface area contributed by atoms with Gasteiger partial charge < -0.3 is 9.47 Å². The van der Waals surface area contributed by atoms with E-state index in [9.17, 15) is 4.79 Å². The maximum absolute atomic E-state index is 12.8. The number of thioether (sulfide) groups is 2. The first kappa shape index (κ1) is 15.6. The van der Waals surface area contributed by atoms with E-state index >= 15 is 0 Å². The minimum atomic E-state index is -0.543. The minimum Gasteiger partial charge on any atom is -0.346 e. The fraction of sp³-hybridized carbons (Fsp3) is 0.400. The van der Waals surface area contributed by atoms with Crippen LogP contribution in [0.25, 0.3) is 0 Å². The van der Waals surface area contributed by atoms with Gasteiger partial charge in [-0.3, -0.25) is 4.79 Å². The third-order valence-corrected chi connectivity index (χ3v) is 5.19. The Morgan fingerprint density at radius 1 is 1.10 bits per heavy atom. The zero-order valence-corrected chi connectivity index (χ0v) is 13.5. The molecule has 0 aliphatic carbocycles. The van der Waals surface area contributed by atoms with Crippen molar-refractivity contribution in [1.82, 2.24) is 0 Å². The number of benzene rings is 1. The zero-order chi connectivity index (χ0) is 14.5. The molecule has 1 aliphatic heterocycles. The van der Waals surface area contributed by atoms with Gasteiger partial charge in [-0.05, 0) is 19.4 Å². The molecular formula is C15H18O3S2. The predicted molar refractivity (Wildman–Crippen MR) is 85.3 cm³/mol. The molecule has 0 unspecified atom stereocenters. The summed E-state index contributed by atoms with van der Waals surface area (Å²) in [6.07, 6.45) is 3.38. The highest BCUT2D eigenvalue weighted by molar-refractivity contribution is 8.21. The number of aryl methyl sites for hydroxylation is 1. The van der Waals surface area contributed by atoms with Gasteiger partial charge in [-0.25, -0.2) is 0 Å². The Hall–Kier alpha value is -0.750. The Morgan fingerprint density at radius 3 is 2.15 bits per heavy atom. The fourth-order valence-electron chi connectivity index (χ4n) is 1.98. The molecule has 0 radical (unpaired) electrons. The molecule has 1 aromatic carbocycles. The van der Waals surface area contributed by atoms with E-state index in [2.05, 4.69) is 0 Å². The SMILES string of the molecule is CSC(SC)=C(C(=O)c1ccc(C)cc1)C1OCCO1. The molecule has 1 fully saturated rings. The van der Waals surface area contributed by atoms with Gasteiger partial charge in [0.2, 0.25) is 0 Å². The first-order valence-corrected chi connectivity index (χ1v) is 8.79. The first-order chi connectivity index (χ1) is 9.67. The van der Waals surface area contributed by atoms with Gasteiger partial charge in [-0.1, -0.05) is 29.8 Å². The molecular weight excluding hydrogens is 292 g/mol. The molecule has 5 heteroatoms. The average molecular weight is 310 g/mol. The molecule has 1 heterocycles. The van der Waals surface area contributed by atoms with E-state index in [1.54, 1.807) is 23.5 Å². The number of carbonyl (C=O) groups excluding carboxylic acids is 1. The van der Waals surface area contributed by atoms with E-state index in [1.165, 1.54) is 0 Å². The van der Waals surface area contributed by atoms with Crippen LogP contribution in [0, 0.1) is 6.92 Å². The molecule has 20 heavy (non-hydrogen) atoms. The number of ether oxygens (including phenoxy) is 2. The normalized spacial score (nSPS) is 15.3. The number of hydrogen-bond donors (Lipinski definition) is 0. The third kappa shape index (κ3) is 3.47. The average Bonchev–Trinajstić information content (AvgIpc) is 2.98. The van der Waals surface area contributed by atoms with Crippen molar-refractivity contribution >= 4 is 29.3 Å². The Labute approximate surface area is 128 Å². The van der Waals surface area contributed by atoms with Crippen LogP contribution in [0.1, 0.15) is 15.9 Å². The molecule has 0 bridgehead atoms. The molecule has 1 aromatic rings. The highest BCUT2D eigenvalue weighted by atomic mass is 32.2. The second-order valence-electron chi connectivity index (χ2n) is 4.38. The van der Waals surface area contributed by atoms with E-state index < -0.39 is 6.29 Å². The summed E-state index contributed by atoms with van der Waals surface area (Å²) in [5, 5.41) is 0. The summed E-state index contributed by atoms with van der Waals surface area (Å²) in [5.41, 5.74) is 2.42. The number of rotatable bonds is 5. The topological polar surface area (TPSA) is 35.5 Å². The Morgan fingerprint density at radius 2 is 1.65 bits per heavy atom. The van der Waals surface area contributed by atoms with Gasteiger partial charge in [0.1, 0.15) is 0 Å². The van der Waals surface area contributed by atoms with Crippen molar-refractivity contribution in [2.45, 2.75) is 13.2 Å². The molecule has 1 saturated heterocycles. The van der Waals surface area contributed by atoms with E-state index in [0.717, 1.165) is 9.80 Å². The van der Waals surface area contributed by atoms with Gasteiger partial charge >= 0.3 is 0 Å². The van der Waals surface area contributed by atoms with Crippen molar-refractivity contribution < 1.29 is 14.3 Å².